The van der Waals surface area contributed by atoms with Crippen molar-refractivity contribution in [2.24, 2.45) is 0 Å². The average Bonchev–Trinajstić information content (AvgIpc) is 2.75. The van der Waals surface area contributed by atoms with Gasteiger partial charge >= 0.3 is 0 Å². The van der Waals surface area contributed by atoms with Gasteiger partial charge in [0.25, 0.3) is 0 Å². The molecule has 0 radical (unpaired) electrons. The van der Waals surface area contributed by atoms with Crippen molar-refractivity contribution in [2.45, 2.75) is 39.8 Å². The van der Waals surface area contributed by atoms with Crippen LogP contribution in [0.2, 0.25) is 0 Å². The van der Waals surface area contributed by atoms with E-state index < -0.39 is 0 Å². The van der Waals surface area contributed by atoms with E-state index in [9.17, 15) is 4.79 Å². The number of aromatic nitrogens is 2. The van der Waals surface area contributed by atoms with E-state index in [-0.39, 0.29) is 5.91 Å². The van der Waals surface area contributed by atoms with E-state index in [1.165, 1.54) is 0 Å². The van der Waals surface area contributed by atoms with E-state index >= 15 is 0 Å². The van der Waals surface area contributed by atoms with Crippen LogP contribution in [0.5, 0.6) is 0 Å². The van der Waals surface area contributed by atoms with E-state index in [0.717, 1.165) is 31.6 Å². The van der Waals surface area contributed by atoms with Crippen LogP contribution in [0.3, 0.4) is 0 Å². The van der Waals surface area contributed by atoms with Crippen LogP contribution >= 0.6 is 0 Å². The molecule has 0 atom stereocenters. The molecule has 0 spiro atoms. The van der Waals surface area contributed by atoms with Gasteiger partial charge in [-0.3, -0.25) is 4.79 Å². The topological polar surface area (TPSA) is 59.0 Å². The first kappa shape index (κ1) is 13.7. The summed E-state index contributed by atoms with van der Waals surface area (Å²) in [6.45, 7) is 6.93. The van der Waals surface area contributed by atoms with Crippen LogP contribution in [-0.4, -0.2) is 28.5 Å². The number of carbonyl (C=O) groups is 1. The van der Waals surface area contributed by atoms with Crippen molar-refractivity contribution >= 4 is 5.91 Å². The second-order valence-corrected chi connectivity index (χ2v) is 4.03. The van der Waals surface area contributed by atoms with Crippen molar-refractivity contribution in [3.8, 4) is 0 Å². The zero-order chi connectivity index (χ0) is 12.5. The van der Waals surface area contributed by atoms with Gasteiger partial charge in [-0.15, -0.1) is 0 Å². The lowest BCUT2D eigenvalue weighted by Crippen LogP contribution is -2.34. The van der Waals surface area contributed by atoms with Gasteiger partial charge in [0.2, 0.25) is 5.91 Å². The predicted molar refractivity (Wildman–Crippen MR) is 67.5 cm³/mol. The first-order valence-electron chi connectivity index (χ1n) is 6.24. The number of amides is 1. The summed E-state index contributed by atoms with van der Waals surface area (Å²) in [7, 11) is 0. The van der Waals surface area contributed by atoms with Crippen LogP contribution in [0.25, 0.3) is 0 Å². The summed E-state index contributed by atoms with van der Waals surface area (Å²) in [5, 5.41) is 5.95. The molecule has 1 rings (SSSR count). The largest absolute Gasteiger partial charge is 0.355 e. The SMILES string of the molecule is CCCNC(=O)CNCc1cncn1CCC. The molecule has 2 N–H and O–H groups in total. The van der Waals surface area contributed by atoms with Gasteiger partial charge in [0.1, 0.15) is 0 Å². The van der Waals surface area contributed by atoms with E-state index in [2.05, 4.69) is 27.1 Å². The highest BCUT2D eigenvalue weighted by molar-refractivity contribution is 5.77. The molecular weight excluding hydrogens is 216 g/mol. The monoisotopic (exact) mass is 238 g/mol. The Morgan fingerprint density at radius 1 is 1.41 bits per heavy atom. The third-order valence-corrected chi connectivity index (χ3v) is 2.43. The van der Waals surface area contributed by atoms with Crippen molar-refractivity contribution in [2.75, 3.05) is 13.1 Å². The number of nitrogens with one attached hydrogen (secondary N) is 2. The predicted octanol–water partition coefficient (Wildman–Crippen LogP) is 0.909. The first-order chi connectivity index (χ1) is 8.27. The molecular formula is C12H22N4O. The Morgan fingerprint density at radius 2 is 2.24 bits per heavy atom. The Morgan fingerprint density at radius 3 is 2.94 bits per heavy atom. The smallest absolute Gasteiger partial charge is 0.233 e. The molecule has 0 aliphatic rings. The molecule has 0 fully saturated rings. The molecule has 0 saturated heterocycles. The van der Waals surface area contributed by atoms with Crippen molar-refractivity contribution < 1.29 is 4.79 Å². The number of rotatable bonds is 8. The highest BCUT2D eigenvalue weighted by atomic mass is 16.1. The Hall–Kier alpha value is -1.36. The third kappa shape index (κ3) is 4.99. The first-order valence-corrected chi connectivity index (χ1v) is 6.24. The summed E-state index contributed by atoms with van der Waals surface area (Å²) >= 11 is 0. The number of aryl methyl sites for hydroxylation is 1. The molecule has 96 valence electrons. The Labute approximate surface area is 103 Å². The van der Waals surface area contributed by atoms with Gasteiger partial charge in [-0.25, -0.2) is 4.98 Å². The fraction of sp³-hybridized carbons (Fsp3) is 0.667. The molecule has 0 unspecified atom stereocenters. The standard InChI is InChI=1S/C12H22N4O/c1-3-5-15-12(17)9-13-7-11-8-14-10-16(11)6-4-2/h8,10,13H,3-7,9H2,1-2H3,(H,15,17). The van der Waals surface area contributed by atoms with Gasteiger partial charge in [-0.05, 0) is 12.8 Å². The maximum atomic E-state index is 11.3. The zero-order valence-electron chi connectivity index (χ0n) is 10.7. The lowest BCUT2D eigenvalue weighted by Gasteiger charge is -2.08. The third-order valence-electron chi connectivity index (χ3n) is 2.43. The average molecular weight is 238 g/mol. The van der Waals surface area contributed by atoms with Gasteiger partial charge in [0.15, 0.2) is 0 Å². The second kappa shape index (κ2) is 7.84. The van der Waals surface area contributed by atoms with Crippen molar-refractivity contribution in [3.63, 3.8) is 0 Å². The Balaban J connectivity index is 2.25. The molecule has 1 aromatic rings. The van der Waals surface area contributed by atoms with Crippen molar-refractivity contribution in [1.82, 2.24) is 20.2 Å². The minimum atomic E-state index is 0.0495. The fourth-order valence-corrected chi connectivity index (χ4v) is 1.57. The van der Waals surface area contributed by atoms with Crippen LogP contribution in [-0.2, 0) is 17.9 Å². The van der Waals surface area contributed by atoms with Crippen molar-refractivity contribution in [3.05, 3.63) is 18.2 Å². The Kier molecular flexibility index (Phi) is 6.32. The molecule has 0 aliphatic heterocycles. The molecule has 0 bridgehead atoms. The molecule has 17 heavy (non-hydrogen) atoms. The quantitative estimate of drug-likeness (QED) is 0.707. The highest BCUT2D eigenvalue weighted by Crippen LogP contribution is 1.99. The normalized spacial score (nSPS) is 10.5. The van der Waals surface area contributed by atoms with Crippen LogP contribution < -0.4 is 10.6 Å². The molecule has 1 heterocycles. The summed E-state index contributed by atoms with van der Waals surface area (Å²) in [6, 6.07) is 0. The van der Waals surface area contributed by atoms with Crippen LogP contribution in [0, 0.1) is 0 Å². The van der Waals surface area contributed by atoms with E-state index in [1.54, 1.807) is 0 Å². The van der Waals surface area contributed by atoms with E-state index in [4.69, 9.17) is 0 Å². The van der Waals surface area contributed by atoms with Gasteiger partial charge < -0.3 is 15.2 Å². The lowest BCUT2D eigenvalue weighted by molar-refractivity contribution is -0.120. The van der Waals surface area contributed by atoms with E-state index in [1.807, 2.05) is 19.4 Å². The molecule has 1 amide bonds. The molecule has 0 aromatic carbocycles. The maximum Gasteiger partial charge on any atom is 0.233 e. The molecule has 5 heteroatoms. The van der Waals surface area contributed by atoms with Gasteiger partial charge in [-0.2, -0.15) is 0 Å². The summed E-state index contributed by atoms with van der Waals surface area (Å²) in [5.74, 6) is 0.0495. The van der Waals surface area contributed by atoms with Gasteiger partial charge in [0, 0.05) is 25.8 Å². The summed E-state index contributed by atoms with van der Waals surface area (Å²) < 4.78 is 2.11. The maximum absolute atomic E-state index is 11.3. The lowest BCUT2D eigenvalue weighted by atomic mass is 10.4. The summed E-state index contributed by atoms with van der Waals surface area (Å²) in [4.78, 5) is 15.5. The fourth-order valence-electron chi connectivity index (χ4n) is 1.57. The Bertz CT molecular complexity index is 335. The zero-order valence-corrected chi connectivity index (χ0v) is 10.7. The second-order valence-electron chi connectivity index (χ2n) is 4.03. The molecule has 0 aliphatic carbocycles. The number of imidazole rings is 1. The van der Waals surface area contributed by atoms with Crippen LogP contribution in [0.4, 0.5) is 0 Å². The summed E-state index contributed by atoms with van der Waals surface area (Å²) in [5.41, 5.74) is 1.12. The molecule has 1 aromatic heterocycles. The number of hydrogen-bond acceptors (Lipinski definition) is 3. The van der Waals surface area contributed by atoms with Gasteiger partial charge in [0.05, 0.1) is 18.6 Å². The molecule has 5 nitrogen and oxygen atoms in total. The minimum Gasteiger partial charge on any atom is -0.355 e. The number of carbonyl (C=O) groups excluding carboxylic acids is 1. The van der Waals surface area contributed by atoms with Gasteiger partial charge in [-0.1, -0.05) is 13.8 Å². The number of hydrogen-bond donors (Lipinski definition) is 2. The number of nitrogens with zero attached hydrogens (tertiary/aromatic N) is 2. The van der Waals surface area contributed by atoms with Crippen molar-refractivity contribution in [1.29, 1.82) is 0 Å². The minimum absolute atomic E-state index is 0.0495. The molecule has 0 saturated carbocycles. The van der Waals surface area contributed by atoms with Crippen LogP contribution in [0.1, 0.15) is 32.4 Å². The van der Waals surface area contributed by atoms with Crippen LogP contribution in [0.15, 0.2) is 12.5 Å². The summed E-state index contributed by atoms with van der Waals surface area (Å²) in [6.07, 6.45) is 5.72. The highest BCUT2D eigenvalue weighted by Gasteiger charge is 2.02. The van der Waals surface area contributed by atoms with E-state index in [0.29, 0.717) is 13.1 Å².